The number of halogens is 1. The highest BCUT2D eigenvalue weighted by molar-refractivity contribution is 5.85. The second-order valence-electron chi connectivity index (χ2n) is 3.31. The molecule has 1 atom stereocenters. The van der Waals surface area contributed by atoms with Crippen LogP contribution in [0, 0.1) is 16.7 Å². The maximum atomic E-state index is 8.95. The molecule has 1 fully saturated rings. The summed E-state index contributed by atoms with van der Waals surface area (Å²) >= 11 is 0. The fourth-order valence-electron chi connectivity index (χ4n) is 1.54. The van der Waals surface area contributed by atoms with Crippen LogP contribution >= 0.6 is 12.4 Å². The zero-order valence-corrected chi connectivity index (χ0v) is 8.16. The van der Waals surface area contributed by atoms with Crippen LogP contribution < -0.4 is 11.1 Å². The van der Waals surface area contributed by atoms with Crippen molar-refractivity contribution in [1.82, 2.24) is 5.32 Å². The molecule has 0 saturated carbocycles. The number of nitrogens with zero attached hydrogens (tertiary/aromatic N) is 1. The Hall–Kier alpha value is -0.300. The van der Waals surface area contributed by atoms with Gasteiger partial charge < -0.3 is 11.1 Å². The van der Waals surface area contributed by atoms with Gasteiger partial charge in [-0.2, -0.15) is 5.26 Å². The van der Waals surface area contributed by atoms with E-state index >= 15 is 0 Å². The molecule has 0 unspecified atom stereocenters. The molecule has 0 spiro atoms. The van der Waals surface area contributed by atoms with E-state index < -0.39 is 0 Å². The lowest BCUT2D eigenvalue weighted by atomic mass is 9.75. The van der Waals surface area contributed by atoms with Crippen LogP contribution in [0.25, 0.3) is 0 Å². The van der Waals surface area contributed by atoms with Gasteiger partial charge in [-0.3, -0.25) is 0 Å². The number of piperidine rings is 1. The van der Waals surface area contributed by atoms with E-state index in [9.17, 15) is 0 Å². The van der Waals surface area contributed by atoms with Gasteiger partial charge >= 0.3 is 0 Å². The predicted octanol–water partition coefficient (Wildman–Crippen LogP) is 0.649. The Morgan fingerprint density at radius 1 is 1.50 bits per heavy atom. The maximum Gasteiger partial charge on any atom is 0.0746 e. The Morgan fingerprint density at radius 3 is 2.25 bits per heavy atom. The molecule has 3 nitrogen and oxygen atoms in total. The van der Waals surface area contributed by atoms with E-state index in [1.54, 1.807) is 0 Å². The highest BCUT2D eigenvalue weighted by Gasteiger charge is 2.35. The van der Waals surface area contributed by atoms with Gasteiger partial charge in [-0.1, -0.05) is 0 Å². The van der Waals surface area contributed by atoms with Crippen LogP contribution in [0.5, 0.6) is 0 Å². The molecule has 0 aliphatic carbocycles. The van der Waals surface area contributed by atoms with Gasteiger partial charge in [0.25, 0.3) is 0 Å². The smallest absolute Gasteiger partial charge is 0.0746 e. The summed E-state index contributed by atoms with van der Waals surface area (Å²) in [5.41, 5.74) is 5.50. The molecule has 1 aliphatic heterocycles. The maximum absolute atomic E-state index is 8.95. The summed E-state index contributed by atoms with van der Waals surface area (Å²) < 4.78 is 0. The number of nitrogens with one attached hydrogen (secondary N) is 1. The van der Waals surface area contributed by atoms with Crippen molar-refractivity contribution < 1.29 is 0 Å². The lowest BCUT2D eigenvalue weighted by molar-refractivity contribution is 0.240. The molecule has 1 saturated heterocycles. The molecule has 0 aromatic carbocycles. The number of nitrogens with two attached hydrogens (primary N) is 1. The van der Waals surface area contributed by atoms with Crippen molar-refractivity contribution >= 4 is 12.4 Å². The Bertz CT molecular complexity index is 168. The largest absolute Gasteiger partial charge is 0.327 e. The summed E-state index contributed by atoms with van der Waals surface area (Å²) in [4.78, 5) is 0. The highest BCUT2D eigenvalue weighted by Crippen LogP contribution is 2.30. The summed E-state index contributed by atoms with van der Waals surface area (Å²) in [5, 5.41) is 12.2. The van der Waals surface area contributed by atoms with Crippen molar-refractivity contribution in [3.05, 3.63) is 0 Å². The number of hydrogen-bond donors (Lipinski definition) is 2. The zero-order chi connectivity index (χ0) is 8.32. The quantitative estimate of drug-likeness (QED) is 0.637. The second kappa shape index (κ2) is 4.66. The Labute approximate surface area is 79.7 Å². The summed E-state index contributed by atoms with van der Waals surface area (Å²) in [6.45, 7) is 3.78. The van der Waals surface area contributed by atoms with E-state index in [2.05, 4.69) is 11.4 Å². The SMILES string of the molecule is C[C@@H](N)C1(C#N)CCNCC1.Cl. The van der Waals surface area contributed by atoms with E-state index in [-0.39, 0.29) is 23.9 Å². The Morgan fingerprint density at radius 2 is 2.00 bits per heavy atom. The van der Waals surface area contributed by atoms with Gasteiger partial charge in [0.2, 0.25) is 0 Å². The minimum Gasteiger partial charge on any atom is -0.327 e. The Kier molecular flexibility index (Phi) is 4.54. The summed E-state index contributed by atoms with van der Waals surface area (Å²) in [7, 11) is 0. The van der Waals surface area contributed by atoms with Crippen LogP contribution in [0.15, 0.2) is 0 Å². The van der Waals surface area contributed by atoms with Crippen molar-refractivity contribution in [2.75, 3.05) is 13.1 Å². The van der Waals surface area contributed by atoms with Gasteiger partial charge in [0.15, 0.2) is 0 Å². The van der Waals surface area contributed by atoms with Gasteiger partial charge in [-0.25, -0.2) is 0 Å². The highest BCUT2D eigenvalue weighted by atomic mass is 35.5. The zero-order valence-electron chi connectivity index (χ0n) is 7.34. The lowest BCUT2D eigenvalue weighted by Gasteiger charge is -2.34. The monoisotopic (exact) mass is 189 g/mol. The predicted molar refractivity (Wildman–Crippen MR) is 51.0 cm³/mol. The molecule has 0 amide bonds. The van der Waals surface area contributed by atoms with Crippen molar-refractivity contribution in [1.29, 1.82) is 5.26 Å². The molecule has 70 valence electrons. The number of hydrogen-bond acceptors (Lipinski definition) is 3. The topological polar surface area (TPSA) is 61.8 Å². The molecule has 1 heterocycles. The van der Waals surface area contributed by atoms with Gasteiger partial charge in [0.05, 0.1) is 11.5 Å². The summed E-state index contributed by atoms with van der Waals surface area (Å²) in [5.74, 6) is 0. The van der Waals surface area contributed by atoms with Crippen LogP contribution in [0.4, 0.5) is 0 Å². The summed E-state index contributed by atoms with van der Waals surface area (Å²) in [6.07, 6.45) is 1.78. The first-order chi connectivity index (χ1) is 5.21. The van der Waals surface area contributed by atoms with Crippen LogP contribution in [0.2, 0.25) is 0 Å². The lowest BCUT2D eigenvalue weighted by Crippen LogP contribution is -2.46. The van der Waals surface area contributed by atoms with Crippen molar-refractivity contribution in [3.63, 3.8) is 0 Å². The van der Waals surface area contributed by atoms with Crippen molar-refractivity contribution in [2.24, 2.45) is 11.1 Å². The van der Waals surface area contributed by atoms with Gasteiger partial charge in [-0.15, -0.1) is 12.4 Å². The van der Waals surface area contributed by atoms with Crippen molar-refractivity contribution in [2.45, 2.75) is 25.8 Å². The molecular formula is C8H16ClN3. The van der Waals surface area contributed by atoms with E-state index in [4.69, 9.17) is 11.0 Å². The Balaban J connectivity index is 0.00000121. The third kappa shape index (κ3) is 2.10. The molecule has 0 bridgehead atoms. The minimum atomic E-state index is -0.259. The standard InChI is InChI=1S/C8H15N3.ClH/c1-7(10)8(6-9)2-4-11-5-3-8;/h7,11H,2-5,10H2,1H3;1H/t7-;/m1./s1. The molecular weight excluding hydrogens is 174 g/mol. The number of rotatable bonds is 1. The van der Waals surface area contributed by atoms with Crippen LogP contribution in [-0.2, 0) is 0 Å². The fourth-order valence-corrected chi connectivity index (χ4v) is 1.54. The van der Waals surface area contributed by atoms with Gasteiger partial charge in [0, 0.05) is 6.04 Å². The third-order valence-corrected chi connectivity index (χ3v) is 2.59. The van der Waals surface area contributed by atoms with E-state index in [1.807, 2.05) is 6.92 Å². The van der Waals surface area contributed by atoms with Crippen LogP contribution in [0.3, 0.4) is 0 Å². The molecule has 1 aliphatic rings. The molecule has 4 heteroatoms. The van der Waals surface area contributed by atoms with E-state index in [0.717, 1.165) is 25.9 Å². The normalized spacial score (nSPS) is 23.4. The van der Waals surface area contributed by atoms with Crippen LogP contribution in [-0.4, -0.2) is 19.1 Å². The first kappa shape index (κ1) is 11.7. The molecule has 3 N–H and O–H groups in total. The molecule has 0 aromatic heterocycles. The summed E-state index contributed by atoms with van der Waals surface area (Å²) in [6, 6.07) is 2.35. The third-order valence-electron chi connectivity index (χ3n) is 2.59. The van der Waals surface area contributed by atoms with E-state index in [0.29, 0.717) is 0 Å². The minimum absolute atomic E-state index is 0. The first-order valence-corrected chi connectivity index (χ1v) is 4.09. The molecule has 12 heavy (non-hydrogen) atoms. The fraction of sp³-hybridized carbons (Fsp3) is 0.875. The van der Waals surface area contributed by atoms with Crippen LogP contribution in [0.1, 0.15) is 19.8 Å². The van der Waals surface area contributed by atoms with Gasteiger partial charge in [0.1, 0.15) is 0 Å². The van der Waals surface area contributed by atoms with E-state index in [1.165, 1.54) is 0 Å². The second-order valence-corrected chi connectivity index (χ2v) is 3.31. The molecule has 1 rings (SSSR count). The molecule has 0 aromatic rings. The van der Waals surface area contributed by atoms with Gasteiger partial charge in [-0.05, 0) is 32.9 Å². The number of nitriles is 1. The average molecular weight is 190 g/mol. The average Bonchev–Trinajstić information content (AvgIpc) is 2.05. The molecule has 0 radical (unpaired) electrons. The van der Waals surface area contributed by atoms with Crippen molar-refractivity contribution in [3.8, 4) is 6.07 Å². The first-order valence-electron chi connectivity index (χ1n) is 4.09.